The monoisotopic (exact) mass is 459 g/mol. The van der Waals surface area contributed by atoms with Gasteiger partial charge in [-0.25, -0.2) is 0 Å². The molecule has 0 N–H and O–H groups in total. The minimum atomic E-state index is -0.546. The lowest BCUT2D eigenvalue weighted by Crippen LogP contribution is -2.29. The fourth-order valence-electron chi connectivity index (χ4n) is 4.04. The number of hydrogen-bond acceptors (Lipinski definition) is 3. The summed E-state index contributed by atoms with van der Waals surface area (Å²) in [6.45, 7) is 4.04. The molecule has 1 aliphatic heterocycles. The van der Waals surface area contributed by atoms with Gasteiger partial charge in [0.05, 0.1) is 17.0 Å². The van der Waals surface area contributed by atoms with Crippen LogP contribution in [0.25, 0.3) is 11.0 Å². The Balaban J connectivity index is 1.82. The predicted molar refractivity (Wildman–Crippen MR) is 121 cm³/mol. The van der Waals surface area contributed by atoms with E-state index in [-0.39, 0.29) is 17.1 Å². The summed E-state index contributed by atoms with van der Waals surface area (Å²) >= 11 is 3.42. The Labute approximate surface area is 181 Å². The minimum Gasteiger partial charge on any atom is -0.450 e. The molecule has 1 unspecified atom stereocenters. The van der Waals surface area contributed by atoms with E-state index >= 15 is 0 Å². The molecule has 1 amide bonds. The molecular formula is C25H18BrNO3. The first-order valence-electron chi connectivity index (χ1n) is 9.67. The zero-order valence-corrected chi connectivity index (χ0v) is 18.1. The largest absolute Gasteiger partial charge is 0.450 e. The summed E-state index contributed by atoms with van der Waals surface area (Å²) in [5.41, 5.74) is 4.44. The van der Waals surface area contributed by atoms with Gasteiger partial charge >= 0.3 is 0 Å². The molecule has 0 saturated carbocycles. The van der Waals surface area contributed by atoms with E-state index in [0.717, 1.165) is 26.9 Å². The molecule has 148 valence electrons. The summed E-state index contributed by atoms with van der Waals surface area (Å²) in [7, 11) is 0. The Kier molecular flexibility index (Phi) is 4.36. The molecule has 5 heteroatoms. The molecule has 0 aliphatic carbocycles. The van der Waals surface area contributed by atoms with E-state index in [1.165, 1.54) is 0 Å². The molecule has 30 heavy (non-hydrogen) atoms. The predicted octanol–water partition coefficient (Wildman–Crippen LogP) is 5.92. The fourth-order valence-corrected chi connectivity index (χ4v) is 4.40. The molecule has 1 atom stereocenters. The molecule has 0 bridgehead atoms. The first-order chi connectivity index (χ1) is 14.5. The second kappa shape index (κ2) is 6.96. The van der Waals surface area contributed by atoms with E-state index in [0.29, 0.717) is 16.5 Å². The van der Waals surface area contributed by atoms with Crippen LogP contribution in [0.2, 0.25) is 0 Å². The van der Waals surface area contributed by atoms with Gasteiger partial charge < -0.3 is 4.42 Å². The van der Waals surface area contributed by atoms with Crippen molar-refractivity contribution in [1.82, 2.24) is 0 Å². The summed E-state index contributed by atoms with van der Waals surface area (Å²) in [4.78, 5) is 28.7. The molecule has 1 aromatic heterocycles. The van der Waals surface area contributed by atoms with Gasteiger partial charge in [-0.2, -0.15) is 0 Å². The Morgan fingerprint density at radius 1 is 0.900 bits per heavy atom. The number of halogens is 1. The van der Waals surface area contributed by atoms with E-state index < -0.39 is 6.04 Å². The molecule has 4 nitrogen and oxygen atoms in total. The third-order valence-electron chi connectivity index (χ3n) is 5.72. The lowest BCUT2D eigenvalue weighted by atomic mass is 9.98. The molecule has 3 aromatic carbocycles. The van der Waals surface area contributed by atoms with Gasteiger partial charge in [0.15, 0.2) is 5.43 Å². The van der Waals surface area contributed by atoms with Crippen LogP contribution in [0.1, 0.15) is 38.9 Å². The van der Waals surface area contributed by atoms with Crippen LogP contribution in [0.15, 0.2) is 80.4 Å². The smallest absolute Gasteiger partial charge is 0.295 e. The summed E-state index contributed by atoms with van der Waals surface area (Å²) in [6, 6.07) is 20.2. The highest BCUT2D eigenvalue weighted by molar-refractivity contribution is 9.10. The number of fused-ring (bicyclic) bond motifs is 2. The highest BCUT2D eigenvalue weighted by atomic mass is 79.9. The Hall–Kier alpha value is -3.18. The zero-order valence-electron chi connectivity index (χ0n) is 16.5. The highest BCUT2D eigenvalue weighted by Crippen LogP contribution is 2.41. The Bertz CT molecular complexity index is 1370. The average molecular weight is 460 g/mol. The van der Waals surface area contributed by atoms with Crippen molar-refractivity contribution in [1.29, 1.82) is 0 Å². The Morgan fingerprint density at radius 2 is 1.67 bits per heavy atom. The first-order valence-corrected chi connectivity index (χ1v) is 10.5. The number of benzene rings is 3. The van der Waals surface area contributed by atoms with E-state index in [1.807, 2.05) is 62.4 Å². The van der Waals surface area contributed by atoms with E-state index in [9.17, 15) is 9.59 Å². The standard InChI is InChI=1S/C25H18BrNO3/c1-14-8-10-18(12-15(14)2)27-22(16-6-4-3-5-7-16)21-23(28)19-13-17(26)9-11-20(19)30-24(21)25(27)29/h3-13,22H,1-2H3. The summed E-state index contributed by atoms with van der Waals surface area (Å²) < 4.78 is 6.78. The molecule has 0 radical (unpaired) electrons. The quantitative estimate of drug-likeness (QED) is 0.373. The Morgan fingerprint density at radius 3 is 2.40 bits per heavy atom. The van der Waals surface area contributed by atoms with Crippen LogP contribution in [-0.4, -0.2) is 5.91 Å². The second-order valence-corrected chi connectivity index (χ2v) is 8.49. The molecule has 0 spiro atoms. The van der Waals surface area contributed by atoms with Crippen LogP contribution in [0.4, 0.5) is 5.69 Å². The number of amides is 1. The summed E-state index contributed by atoms with van der Waals surface area (Å²) in [5.74, 6) is -0.189. The average Bonchev–Trinajstić information content (AvgIpc) is 3.04. The second-order valence-electron chi connectivity index (χ2n) is 7.57. The van der Waals surface area contributed by atoms with Gasteiger partial charge in [0.25, 0.3) is 5.91 Å². The number of carbonyl (C=O) groups is 1. The number of anilines is 1. The van der Waals surface area contributed by atoms with Crippen LogP contribution in [0, 0.1) is 13.8 Å². The maximum atomic E-state index is 13.5. The third kappa shape index (κ3) is 2.81. The van der Waals surface area contributed by atoms with Gasteiger partial charge in [-0.1, -0.05) is 52.3 Å². The molecule has 1 aliphatic rings. The van der Waals surface area contributed by atoms with Gasteiger partial charge in [0.2, 0.25) is 5.76 Å². The van der Waals surface area contributed by atoms with Crippen LogP contribution in [0.3, 0.4) is 0 Å². The maximum Gasteiger partial charge on any atom is 0.295 e. The third-order valence-corrected chi connectivity index (χ3v) is 6.21. The van der Waals surface area contributed by atoms with E-state index in [2.05, 4.69) is 15.9 Å². The van der Waals surface area contributed by atoms with Gasteiger partial charge in [-0.05, 0) is 60.9 Å². The van der Waals surface area contributed by atoms with Gasteiger partial charge in [-0.3, -0.25) is 14.5 Å². The summed E-state index contributed by atoms with van der Waals surface area (Å²) in [6.07, 6.45) is 0. The van der Waals surface area contributed by atoms with Crippen LogP contribution < -0.4 is 10.3 Å². The van der Waals surface area contributed by atoms with Gasteiger partial charge in [-0.15, -0.1) is 0 Å². The highest BCUT2D eigenvalue weighted by Gasteiger charge is 2.43. The molecule has 2 heterocycles. The fraction of sp³-hybridized carbons (Fsp3) is 0.120. The number of hydrogen-bond donors (Lipinski definition) is 0. The van der Waals surface area contributed by atoms with Crippen molar-refractivity contribution in [3.05, 3.63) is 109 Å². The van der Waals surface area contributed by atoms with Crippen molar-refractivity contribution in [3.8, 4) is 0 Å². The minimum absolute atomic E-state index is 0.113. The molecule has 4 aromatic rings. The van der Waals surface area contributed by atoms with Gasteiger partial charge in [0.1, 0.15) is 5.58 Å². The lowest BCUT2D eigenvalue weighted by molar-refractivity contribution is 0.0971. The van der Waals surface area contributed by atoms with Crippen LogP contribution in [0.5, 0.6) is 0 Å². The lowest BCUT2D eigenvalue weighted by Gasteiger charge is -2.25. The van der Waals surface area contributed by atoms with Crippen molar-refractivity contribution in [3.63, 3.8) is 0 Å². The van der Waals surface area contributed by atoms with Crippen LogP contribution in [-0.2, 0) is 0 Å². The number of carbonyl (C=O) groups excluding carboxylic acids is 1. The van der Waals surface area contributed by atoms with E-state index in [1.54, 1.807) is 23.1 Å². The topological polar surface area (TPSA) is 50.5 Å². The SMILES string of the molecule is Cc1ccc(N2C(=O)c3oc4ccc(Br)cc4c(=O)c3C2c2ccccc2)cc1C. The van der Waals surface area contributed by atoms with Crippen molar-refractivity contribution < 1.29 is 9.21 Å². The first kappa shape index (κ1) is 18.8. The zero-order chi connectivity index (χ0) is 21.0. The number of rotatable bonds is 2. The van der Waals surface area contributed by atoms with Crippen LogP contribution >= 0.6 is 15.9 Å². The van der Waals surface area contributed by atoms with Crippen molar-refractivity contribution in [2.75, 3.05) is 4.90 Å². The van der Waals surface area contributed by atoms with Gasteiger partial charge in [0, 0.05) is 10.2 Å². The molecular weight excluding hydrogens is 442 g/mol. The molecule has 0 saturated heterocycles. The van der Waals surface area contributed by atoms with Crippen molar-refractivity contribution in [2.45, 2.75) is 19.9 Å². The molecule has 5 rings (SSSR count). The van der Waals surface area contributed by atoms with Crippen molar-refractivity contribution >= 4 is 38.5 Å². The normalized spacial score (nSPS) is 15.6. The van der Waals surface area contributed by atoms with Crippen molar-refractivity contribution in [2.24, 2.45) is 0 Å². The molecule has 0 fully saturated rings. The maximum absolute atomic E-state index is 13.5. The van der Waals surface area contributed by atoms with E-state index in [4.69, 9.17) is 4.42 Å². The number of nitrogens with zero attached hydrogens (tertiary/aromatic N) is 1. The number of aryl methyl sites for hydroxylation is 2. The summed E-state index contributed by atoms with van der Waals surface area (Å²) in [5, 5.41) is 0.457.